The highest BCUT2D eigenvalue weighted by Gasteiger charge is 2.08. The molecule has 0 saturated heterocycles. The first-order valence-electron chi connectivity index (χ1n) is 6.19. The topological polar surface area (TPSA) is 45.8 Å². The van der Waals surface area contributed by atoms with E-state index < -0.39 is 0 Å². The maximum absolute atomic E-state index is 11.6. The predicted molar refractivity (Wildman–Crippen MR) is 73.9 cm³/mol. The third-order valence-corrected chi connectivity index (χ3v) is 3.25. The largest absolute Gasteiger partial charge is 0.307 e. The molecule has 0 bridgehead atoms. The Labute approximate surface area is 107 Å². The molecule has 0 radical (unpaired) electrons. The predicted octanol–water partition coefficient (Wildman–Crippen LogP) is 2.92. The number of hydrogen-bond donors (Lipinski definition) is 1. The van der Waals surface area contributed by atoms with Crippen LogP contribution < -0.4 is 5.56 Å². The number of rotatable bonds is 2. The fourth-order valence-corrected chi connectivity index (χ4v) is 2.03. The van der Waals surface area contributed by atoms with Crippen LogP contribution in [0, 0.1) is 20.8 Å². The first-order chi connectivity index (χ1) is 8.51. The van der Waals surface area contributed by atoms with E-state index >= 15 is 0 Å². The zero-order chi connectivity index (χ0) is 13.3. The van der Waals surface area contributed by atoms with Crippen molar-refractivity contribution in [2.75, 3.05) is 0 Å². The quantitative estimate of drug-likeness (QED) is 0.880. The third kappa shape index (κ3) is 2.35. The molecule has 3 heteroatoms. The summed E-state index contributed by atoms with van der Waals surface area (Å²) >= 11 is 0. The summed E-state index contributed by atoms with van der Waals surface area (Å²) in [7, 11) is 0. The average molecular weight is 242 g/mol. The van der Waals surface area contributed by atoms with Crippen LogP contribution in [0.15, 0.2) is 23.0 Å². The SMILES string of the molecule is CCc1cc(=O)[nH]c(-c2cc(C)c(C)cc2C)n1. The van der Waals surface area contributed by atoms with Crippen molar-refractivity contribution >= 4 is 0 Å². The lowest BCUT2D eigenvalue weighted by atomic mass is 10.0. The Morgan fingerprint density at radius 3 is 2.39 bits per heavy atom. The molecule has 2 aromatic rings. The van der Waals surface area contributed by atoms with E-state index in [2.05, 4.69) is 35.9 Å². The third-order valence-electron chi connectivity index (χ3n) is 3.25. The van der Waals surface area contributed by atoms with Gasteiger partial charge in [0.1, 0.15) is 5.82 Å². The molecular formula is C15H18N2O. The van der Waals surface area contributed by atoms with Crippen LogP contribution in [0.25, 0.3) is 11.4 Å². The Morgan fingerprint density at radius 1 is 1.06 bits per heavy atom. The van der Waals surface area contributed by atoms with Crippen LogP contribution >= 0.6 is 0 Å². The molecule has 1 N–H and O–H groups in total. The summed E-state index contributed by atoms with van der Waals surface area (Å²) in [6.07, 6.45) is 0.765. The number of aryl methyl sites for hydroxylation is 4. The molecule has 0 saturated carbocycles. The molecule has 2 rings (SSSR count). The zero-order valence-corrected chi connectivity index (χ0v) is 11.3. The number of nitrogens with zero attached hydrogens (tertiary/aromatic N) is 1. The molecule has 0 aliphatic heterocycles. The van der Waals surface area contributed by atoms with Gasteiger partial charge in [-0.1, -0.05) is 13.0 Å². The van der Waals surface area contributed by atoms with E-state index in [-0.39, 0.29) is 5.56 Å². The van der Waals surface area contributed by atoms with Gasteiger partial charge in [-0.25, -0.2) is 4.98 Å². The number of H-pyrrole nitrogens is 1. The number of nitrogens with one attached hydrogen (secondary N) is 1. The van der Waals surface area contributed by atoms with Crippen molar-refractivity contribution in [1.82, 2.24) is 9.97 Å². The molecule has 0 aliphatic carbocycles. The fourth-order valence-electron chi connectivity index (χ4n) is 2.03. The Hall–Kier alpha value is -1.90. The Kier molecular flexibility index (Phi) is 3.32. The normalized spacial score (nSPS) is 10.7. The molecular weight excluding hydrogens is 224 g/mol. The average Bonchev–Trinajstić information content (AvgIpc) is 2.33. The van der Waals surface area contributed by atoms with Crippen LogP contribution in [0.5, 0.6) is 0 Å². The van der Waals surface area contributed by atoms with E-state index in [1.54, 1.807) is 6.07 Å². The van der Waals surface area contributed by atoms with Gasteiger partial charge in [0.15, 0.2) is 0 Å². The highest BCUT2D eigenvalue weighted by molar-refractivity contribution is 5.62. The summed E-state index contributed by atoms with van der Waals surface area (Å²) in [5.41, 5.74) is 5.34. The summed E-state index contributed by atoms with van der Waals surface area (Å²) in [5, 5.41) is 0. The number of aromatic amines is 1. The number of benzene rings is 1. The molecule has 3 nitrogen and oxygen atoms in total. The van der Waals surface area contributed by atoms with E-state index in [1.807, 2.05) is 13.8 Å². The lowest BCUT2D eigenvalue weighted by molar-refractivity contribution is 0.985. The summed E-state index contributed by atoms with van der Waals surface area (Å²) in [4.78, 5) is 18.9. The molecule has 0 unspecified atom stereocenters. The number of hydrogen-bond acceptors (Lipinski definition) is 2. The van der Waals surface area contributed by atoms with Crippen LogP contribution in [-0.2, 0) is 6.42 Å². The van der Waals surface area contributed by atoms with Crippen molar-refractivity contribution in [3.8, 4) is 11.4 Å². The lowest BCUT2D eigenvalue weighted by Crippen LogP contribution is -2.10. The van der Waals surface area contributed by atoms with E-state index in [4.69, 9.17) is 0 Å². The highest BCUT2D eigenvalue weighted by atomic mass is 16.1. The molecule has 0 amide bonds. The smallest absolute Gasteiger partial charge is 0.251 e. The van der Waals surface area contributed by atoms with Gasteiger partial charge in [0.25, 0.3) is 5.56 Å². The van der Waals surface area contributed by atoms with Crippen LogP contribution in [0.2, 0.25) is 0 Å². The summed E-state index contributed by atoms with van der Waals surface area (Å²) in [6.45, 7) is 8.20. The Morgan fingerprint density at radius 2 is 1.72 bits per heavy atom. The molecule has 18 heavy (non-hydrogen) atoms. The second-order valence-corrected chi connectivity index (χ2v) is 4.69. The molecule has 0 aliphatic rings. The first kappa shape index (κ1) is 12.6. The Bertz CT molecular complexity index is 641. The summed E-state index contributed by atoms with van der Waals surface area (Å²) in [5.74, 6) is 0.667. The Balaban J connectivity index is 2.65. The van der Waals surface area contributed by atoms with Gasteiger partial charge in [-0.05, 0) is 49.9 Å². The summed E-state index contributed by atoms with van der Waals surface area (Å²) in [6, 6.07) is 5.77. The van der Waals surface area contributed by atoms with Crippen molar-refractivity contribution in [2.24, 2.45) is 0 Å². The maximum Gasteiger partial charge on any atom is 0.251 e. The zero-order valence-electron chi connectivity index (χ0n) is 11.3. The molecule has 1 aromatic carbocycles. The van der Waals surface area contributed by atoms with Gasteiger partial charge >= 0.3 is 0 Å². The minimum atomic E-state index is -0.0884. The molecule has 0 fully saturated rings. The maximum atomic E-state index is 11.6. The van der Waals surface area contributed by atoms with Crippen molar-refractivity contribution < 1.29 is 0 Å². The minimum Gasteiger partial charge on any atom is -0.307 e. The molecule has 0 spiro atoms. The standard InChI is InChI=1S/C15H18N2O/c1-5-12-8-14(18)17-15(16-12)13-7-10(3)9(2)6-11(13)4/h6-8H,5H2,1-4H3,(H,16,17,18). The first-order valence-corrected chi connectivity index (χ1v) is 6.19. The van der Waals surface area contributed by atoms with Crippen molar-refractivity contribution in [2.45, 2.75) is 34.1 Å². The van der Waals surface area contributed by atoms with Gasteiger partial charge in [0.2, 0.25) is 0 Å². The fraction of sp³-hybridized carbons (Fsp3) is 0.333. The molecule has 0 atom stereocenters. The van der Waals surface area contributed by atoms with Gasteiger partial charge < -0.3 is 4.98 Å². The second-order valence-electron chi connectivity index (χ2n) is 4.69. The molecule has 94 valence electrons. The van der Waals surface area contributed by atoms with E-state index in [1.165, 1.54) is 11.1 Å². The minimum absolute atomic E-state index is 0.0884. The van der Waals surface area contributed by atoms with Gasteiger partial charge in [-0.2, -0.15) is 0 Å². The lowest BCUT2D eigenvalue weighted by Gasteiger charge is -2.09. The van der Waals surface area contributed by atoms with E-state index in [9.17, 15) is 4.79 Å². The van der Waals surface area contributed by atoms with Gasteiger partial charge in [0, 0.05) is 17.3 Å². The molecule has 1 heterocycles. The monoisotopic (exact) mass is 242 g/mol. The van der Waals surface area contributed by atoms with E-state index in [0.29, 0.717) is 5.82 Å². The van der Waals surface area contributed by atoms with Gasteiger partial charge in [0.05, 0.1) is 0 Å². The number of aromatic nitrogens is 2. The van der Waals surface area contributed by atoms with Crippen LogP contribution in [-0.4, -0.2) is 9.97 Å². The van der Waals surface area contributed by atoms with Crippen LogP contribution in [0.3, 0.4) is 0 Å². The van der Waals surface area contributed by atoms with E-state index in [0.717, 1.165) is 23.2 Å². The molecule has 1 aromatic heterocycles. The second kappa shape index (κ2) is 4.77. The van der Waals surface area contributed by atoms with Crippen molar-refractivity contribution in [3.63, 3.8) is 0 Å². The summed E-state index contributed by atoms with van der Waals surface area (Å²) < 4.78 is 0. The van der Waals surface area contributed by atoms with Crippen molar-refractivity contribution in [3.05, 3.63) is 50.9 Å². The van der Waals surface area contributed by atoms with Crippen molar-refractivity contribution in [1.29, 1.82) is 0 Å². The highest BCUT2D eigenvalue weighted by Crippen LogP contribution is 2.23. The van der Waals surface area contributed by atoms with Crippen LogP contribution in [0.4, 0.5) is 0 Å². The van der Waals surface area contributed by atoms with Gasteiger partial charge in [-0.3, -0.25) is 4.79 Å². The van der Waals surface area contributed by atoms with Gasteiger partial charge in [-0.15, -0.1) is 0 Å². The van der Waals surface area contributed by atoms with Crippen LogP contribution in [0.1, 0.15) is 29.3 Å².